The van der Waals surface area contributed by atoms with Crippen LogP contribution in [0.25, 0.3) is 0 Å². The van der Waals surface area contributed by atoms with Crippen molar-refractivity contribution >= 4 is 17.8 Å². The van der Waals surface area contributed by atoms with Crippen LogP contribution < -0.4 is 0 Å². The predicted octanol–water partition coefficient (Wildman–Crippen LogP) is 1.99. The summed E-state index contributed by atoms with van der Waals surface area (Å²) in [6.45, 7) is 0.507. The fourth-order valence-corrected chi connectivity index (χ4v) is 2.30. The van der Waals surface area contributed by atoms with Crippen LogP contribution in [0.4, 0.5) is 18.0 Å². The van der Waals surface area contributed by atoms with Crippen LogP contribution in [0.2, 0.25) is 0 Å². The number of hydrogen-bond donors (Lipinski definition) is 0. The summed E-state index contributed by atoms with van der Waals surface area (Å²) in [5, 5.41) is 0. The summed E-state index contributed by atoms with van der Waals surface area (Å²) in [5.41, 5.74) is 0.829. The molecule has 9 heteroatoms. The van der Waals surface area contributed by atoms with E-state index < -0.39 is 30.4 Å². The SMILES string of the molecule is O=C(CC(=O)C(F)(F)F)N1CCN(C(=O)OCc2ccccc2)CC1. The van der Waals surface area contributed by atoms with Crippen molar-refractivity contribution in [3.8, 4) is 0 Å². The number of carbonyl (C=O) groups is 3. The number of alkyl halides is 3. The van der Waals surface area contributed by atoms with Gasteiger partial charge in [-0.1, -0.05) is 30.3 Å². The van der Waals surface area contributed by atoms with Gasteiger partial charge in [0.15, 0.2) is 0 Å². The second-order valence-corrected chi connectivity index (χ2v) is 5.51. The lowest BCUT2D eigenvalue weighted by atomic mass is 10.2. The average Bonchev–Trinajstić information content (AvgIpc) is 2.59. The van der Waals surface area contributed by atoms with Crippen LogP contribution in [0.3, 0.4) is 0 Å². The zero-order chi connectivity index (χ0) is 18.4. The Kier molecular flexibility index (Phi) is 6.00. The molecule has 0 saturated carbocycles. The van der Waals surface area contributed by atoms with Gasteiger partial charge in [-0.05, 0) is 5.56 Å². The topological polar surface area (TPSA) is 66.9 Å². The van der Waals surface area contributed by atoms with Crippen LogP contribution in [0.5, 0.6) is 0 Å². The second-order valence-electron chi connectivity index (χ2n) is 5.51. The molecule has 1 saturated heterocycles. The molecule has 6 nitrogen and oxygen atoms in total. The second kappa shape index (κ2) is 8.00. The third-order valence-electron chi connectivity index (χ3n) is 3.72. The van der Waals surface area contributed by atoms with E-state index in [1.54, 1.807) is 0 Å². The fourth-order valence-electron chi connectivity index (χ4n) is 2.30. The van der Waals surface area contributed by atoms with Gasteiger partial charge < -0.3 is 14.5 Å². The highest BCUT2D eigenvalue weighted by Gasteiger charge is 2.40. The van der Waals surface area contributed by atoms with Gasteiger partial charge in [0.25, 0.3) is 0 Å². The van der Waals surface area contributed by atoms with Crippen molar-refractivity contribution in [2.75, 3.05) is 26.2 Å². The molecule has 1 aromatic carbocycles. The molecule has 1 heterocycles. The third-order valence-corrected chi connectivity index (χ3v) is 3.72. The lowest BCUT2D eigenvalue weighted by Crippen LogP contribution is -2.51. The minimum atomic E-state index is -5.02. The number of piperazine rings is 1. The zero-order valence-electron chi connectivity index (χ0n) is 13.3. The Morgan fingerprint density at radius 2 is 1.52 bits per heavy atom. The monoisotopic (exact) mass is 358 g/mol. The van der Waals surface area contributed by atoms with Gasteiger partial charge in [0.2, 0.25) is 11.7 Å². The van der Waals surface area contributed by atoms with Gasteiger partial charge in [-0.3, -0.25) is 9.59 Å². The number of halogens is 3. The Labute approximate surface area is 142 Å². The molecule has 0 aliphatic carbocycles. The van der Waals surface area contributed by atoms with Gasteiger partial charge in [0.1, 0.15) is 6.61 Å². The van der Waals surface area contributed by atoms with E-state index in [4.69, 9.17) is 4.74 Å². The van der Waals surface area contributed by atoms with Crippen LogP contribution >= 0.6 is 0 Å². The smallest absolute Gasteiger partial charge is 0.445 e. The lowest BCUT2D eigenvalue weighted by Gasteiger charge is -2.34. The molecule has 0 aromatic heterocycles. The van der Waals surface area contributed by atoms with Gasteiger partial charge in [-0.15, -0.1) is 0 Å². The highest BCUT2D eigenvalue weighted by atomic mass is 19.4. The molecular formula is C16H17F3N2O4. The van der Waals surface area contributed by atoms with Crippen molar-refractivity contribution in [3.05, 3.63) is 35.9 Å². The van der Waals surface area contributed by atoms with Crippen LogP contribution in [-0.2, 0) is 20.9 Å². The maximum atomic E-state index is 12.2. The van der Waals surface area contributed by atoms with E-state index in [-0.39, 0.29) is 32.8 Å². The number of Topliss-reactive ketones (excluding diaryl/α,β-unsaturated/α-hetero) is 1. The van der Waals surface area contributed by atoms with Crippen LogP contribution in [0, 0.1) is 0 Å². The summed E-state index contributed by atoms with van der Waals surface area (Å²) in [6, 6.07) is 9.08. The highest BCUT2D eigenvalue weighted by molar-refractivity contribution is 6.00. The van der Waals surface area contributed by atoms with Crippen molar-refractivity contribution in [2.24, 2.45) is 0 Å². The van der Waals surface area contributed by atoms with E-state index >= 15 is 0 Å². The number of rotatable bonds is 4. The van der Waals surface area contributed by atoms with Gasteiger partial charge in [-0.25, -0.2) is 4.79 Å². The van der Waals surface area contributed by atoms with Crippen LogP contribution in [-0.4, -0.2) is 59.9 Å². The average molecular weight is 358 g/mol. The van der Waals surface area contributed by atoms with Crippen molar-refractivity contribution in [1.82, 2.24) is 9.80 Å². The van der Waals surface area contributed by atoms with E-state index in [1.807, 2.05) is 30.3 Å². The largest absolute Gasteiger partial charge is 0.450 e. The third kappa shape index (κ3) is 5.47. The first-order valence-electron chi connectivity index (χ1n) is 7.61. The van der Waals surface area contributed by atoms with E-state index in [0.717, 1.165) is 10.5 Å². The normalized spacial score (nSPS) is 15.0. The Bertz CT molecular complexity index is 626. The highest BCUT2D eigenvalue weighted by Crippen LogP contribution is 2.18. The summed E-state index contributed by atoms with van der Waals surface area (Å²) in [6.07, 6.45) is -6.77. The molecular weight excluding hydrogens is 341 g/mol. The fraction of sp³-hybridized carbons (Fsp3) is 0.438. The number of ketones is 1. The number of carbonyl (C=O) groups excluding carboxylic acids is 3. The number of hydrogen-bond acceptors (Lipinski definition) is 4. The Hall–Kier alpha value is -2.58. The molecule has 1 aliphatic rings. The molecule has 2 rings (SSSR count). The minimum absolute atomic E-state index is 0.0599. The zero-order valence-corrected chi connectivity index (χ0v) is 13.3. The minimum Gasteiger partial charge on any atom is -0.445 e. The van der Waals surface area contributed by atoms with Crippen molar-refractivity contribution < 1.29 is 32.3 Å². The van der Waals surface area contributed by atoms with Crippen LogP contribution in [0.15, 0.2) is 30.3 Å². The Morgan fingerprint density at radius 3 is 2.08 bits per heavy atom. The standard InChI is InChI=1S/C16H17F3N2O4/c17-16(18,19)13(22)10-14(23)20-6-8-21(9-7-20)15(24)25-11-12-4-2-1-3-5-12/h1-5H,6-11H2. The summed E-state index contributed by atoms with van der Waals surface area (Å²) in [5.74, 6) is -2.96. The number of nitrogens with zero attached hydrogens (tertiary/aromatic N) is 2. The molecule has 0 atom stereocenters. The molecule has 2 amide bonds. The van der Waals surface area contributed by atoms with E-state index in [0.29, 0.717) is 0 Å². The maximum Gasteiger partial charge on any atom is 0.450 e. The van der Waals surface area contributed by atoms with E-state index in [1.165, 1.54) is 4.90 Å². The van der Waals surface area contributed by atoms with E-state index in [9.17, 15) is 27.6 Å². The van der Waals surface area contributed by atoms with Gasteiger partial charge in [0.05, 0.1) is 6.42 Å². The number of amides is 2. The number of benzene rings is 1. The summed E-state index contributed by atoms with van der Waals surface area (Å²) < 4.78 is 41.7. The molecule has 0 radical (unpaired) electrons. The predicted molar refractivity (Wildman–Crippen MR) is 80.5 cm³/mol. The lowest BCUT2D eigenvalue weighted by molar-refractivity contribution is -0.173. The Balaban J connectivity index is 1.76. The van der Waals surface area contributed by atoms with Crippen molar-refractivity contribution in [3.63, 3.8) is 0 Å². The maximum absolute atomic E-state index is 12.2. The first-order valence-corrected chi connectivity index (χ1v) is 7.61. The van der Waals surface area contributed by atoms with Crippen molar-refractivity contribution in [2.45, 2.75) is 19.2 Å². The Morgan fingerprint density at radius 1 is 0.960 bits per heavy atom. The first-order chi connectivity index (χ1) is 11.8. The molecule has 0 spiro atoms. The molecule has 1 aromatic rings. The molecule has 1 fully saturated rings. The van der Waals surface area contributed by atoms with Crippen LogP contribution in [0.1, 0.15) is 12.0 Å². The van der Waals surface area contributed by atoms with E-state index in [2.05, 4.69) is 0 Å². The molecule has 0 unspecified atom stereocenters. The first kappa shape index (κ1) is 18.8. The quantitative estimate of drug-likeness (QED) is 0.772. The molecule has 0 N–H and O–H groups in total. The van der Waals surface area contributed by atoms with Gasteiger partial charge in [-0.2, -0.15) is 13.2 Å². The molecule has 136 valence electrons. The number of ether oxygens (including phenoxy) is 1. The summed E-state index contributed by atoms with van der Waals surface area (Å²) >= 11 is 0. The van der Waals surface area contributed by atoms with Gasteiger partial charge >= 0.3 is 12.3 Å². The summed E-state index contributed by atoms with van der Waals surface area (Å²) in [7, 11) is 0. The molecule has 25 heavy (non-hydrogen) atoms. The van der Waals surface area contributed by atoms with Crippen molar-refractivity contribution in [1.29, 1.82) is 0 Å². The molecule has 1 aliphatic heterocycles. The van der Waals surface area contributed by atoms with Gasteiger partial charge in [0, 0.05) is 26.2 Å². The molecule has 0 bridgehead atoms. The summed E-state index contributed by atoms with van der Waals surface area (Å²) in [4.78, 5) is 37.0.